The average molecular weight is 461 g/mol. The first-order chi connectivity index (χ1) is 16.4. The van der Waals surface area contributed by atoms with Crippen LogP contribution in [0.25, 0.3) is 11.1 Å². The largest absolute Gasteiger partial charge is 0.476 e. The first-order valence-corrected chi connectivity index (χ1v) is 11.8. The molecule has 0 atom stereocenters. The van der Waals surface area contributed by atoms with Crippen LogP contribution in [-0.2, 0) is 0 Å². The van der Waals surface area contributed by atoms with Crippen LogP contribution in [0.4, 0.5) is 17.1 Å². The first kappa shape index (κ1) is 23.6. The Bertz CT molecular complexity index is 1150. The van der Waals surface area contributed by atoms with Crippen LogP contribution < -0.4 is 21.5 Å². The van der Waals surface area contributed by atoms with E-state index in [0.717, 1.165) is 36.4 Å². The summed E-state index contributed by atoms with van der Waals surface area (Å²) < 4.78 is 5.83. The fourth-order valence-electron chi connectivity index (χ4n) is 4.52. The van der Waals surface area contributed by atoms with Crippen LogP contribution in [0.5, 0.6) is 5.88 Å². The van der Waals surface area contributed by atoms with Crippen molar-refractivity contribution in [2.45, 2.75) is 33.6 Å². The molecule has 1 aromatic heterocycles. The molecule has 3 aromatic rings. The number of nitrogens with two attached hydrogens (primary N) is 2. The molecular weight excluding hydrogens is 424 g/mol. The summed E-state index contributed by atoms with van der Waals surface area (Å²) in [4.78, 5) is 11.3. The van der Waals surface area contributed by atoms with E-state index in [1.54, 1.807) is 6.20 Å². The van der Waals surface area contributed by atoms with Crippen molar-refractivity contribution in [2.24, 2.45) is 10.7 Å². The number of nitrogens with zero attached hydrogens (tertiary/aromatic N) is 3. The summed E-state index contributed by atoms with van der Waals surface area (Å²) in [6, 6.07) is 14.0. The molecule has 0 aliphatic carbocycles. The number of guanidine groups is 1. The van der Waals surface area contributed by atoms with Gasteiger partial charge in [0.15, 0.2) is 5.96 Å². The van der Waals surface area contributed by atoms with Crippen LogP contribution in [0.2, 0.25) is 0 Å². The maximum absolute atomic E-state index is 6.41. The minimum absolute atomic E-state index is 0. The number of nitrogens with one attached hydrogen (secondary N) is 1. The molecule has 5 N–H and O–H groups in total. The molecule has 0 amide bonds. The lowest BCUT2D eigenvalue weighted by Gasteiger charge is -2.15. The van der Waals surface area contributed by atoms with Gasteiger partial charge in [0.25, 0.3) is 0 Å². The molecule has 1 saturated heterocycles. The topological polar surface area (TPSA) is 102 Å². The van der Waals surface area contributed by atoms with Gasteiger partial charge in [0.2, 0.25) is 5.88 Å². The van der Waals surface area contributed by atoms with Gasteiger partial charge in [-0.25, -0.2) is 9.98 Å². The maximum atomic E-state index is 6.41. The van der Waals surface area contributed by atoms with Gasteiger partial charge in [0.05, 0.1) is 11.4 Å². The molecule has 2 aromatic carbocycles. The van der Waals surface area contributed by atoms with Crippen molar-refractivity contribution in [1.29, 1.82) is 0 Å². The normalized spacial score (nSPS) is 14.4. The number of likely N-dealkylation sites (tertiary alicyclic amines) is 1. The number of aryl methyl sites for hydroxylation is 3. The number of aromatic nitrogens is 1. The molecule has 180 valence electrons. The summed E-state index contributed by atoms with van der Waals surface area (Å²) in [5.41, 5.74) is 20.3. The summed E-state index contributed by atoms with van der Waals surface area (Å²) >= 11 is 0. The summed E-state index contributed by atoms with van der Waals surface area (Å²) in [6.07, 6.45) is 4.24. The van der Waals surface area contributed by atoms with Crippen molar-refractivity contribution in [3.8, 4) is 17.0 Å². The van der Waals surface area contributed by atoms with E-state index < -0.39 is 0 Å². The van der Waals surface area contributed by atoms with Gasteiger partial charge in [-0.3, -0.25) is 4.90 Å². The predicted molar refractivity (Wildman–Crippen MR) is 143 cm³/mol. The van der Waals surface area contributed by atoms with E-state index in [9.17, 15) is 0 Å². The fourth-order valence-corrected chi connectivity index (χ4v) is 4.52. The highest BCUT2D eigenvalue weighted by molar-refractivity contribution is 5.95. The van der Waals surface area contributed by atoms with Crippen molar-refractivity contribution in [3.63, 3.8) is 0 Å². The number of benzene rings is 2. The zero-order chi connectivity index (χ0) is 24.1. The quantitative estimate of drug-likeness (QED) is 0.259. The smallest absolute Gasteiger partial charge is 0.215 e. The molecule has 2 heterocycles. The minimum atomic E-state index is 0. The van der Waals surface area contributed by atoms with Crippen LogP contribution >= 0.6 is 0 Å². The highest BCUT2D eigenvalue weighted by Crippen LogP contribution is 2.35. The van der Waals surface area contributed by atoms with Crippen LogP contribution in [-0.4, -0.2) is 42.1 Å². The van der Waals surface area contributed by atoms with Crippen LogP contribution in [0, 0.1) is 20.8 Å². The van der Waals surface area contributed by atoms with E-state index in [1.165, 1.54) is 29.5 Å². The molecule has 0 saturated carbocycles. The summed E-state index contributed by atoms with van der Waals surface area (Å²) in [6.45, 7) is 10.1. The molecule has 0 bridgehead atoms. The Morgan fingerprint density at radius 1 is 1.09 bits per heavy atom. The average Bonchev–Trinajstić information content (AvgIpc) is 3.30. The minimum Gasteiger partial charge on any atom is -0.476 e. The third kappa shape index (κ3) is 5.66. The van der Waals surface area contributed by atoms with Crippen LogP contribution in [0.15, 0.2) is 53.7 Å². The maximum Gasteiger partial charge on any atom is 0.215 e. The first-order valence-electron chi connectivity index (χ1n) is 11.8. The van der Waals surface area contributed by atoms with Crippen LogP contribution in [0.1, 0.15) is 31.0 Å². The van der Waals surface area contributed by atoms with Gasteiger partial charge in [-0.05, 0) is 92.7 Å². The number of nitrogen functional groups attached to an aromatic ring is 1. The van der Waals surface area contributed by atoms with Gasteiger partial charge >= 0.3 is 0 Å². The molecular formula is C27H36N6O. The lowest BCUT2D eigenvalue weighted by atomic mass is 9.94. The second-order valence-electron chi connectivity index (χ2n) is 8.90. The molecule has 7 nitrogen and oxygen atoms in total. The Morgan fingerprint density at radius 2 is 1.82 bits per heavy atom. The van der Waals surface area contributed by atoms with Crippen molar-refractivity contribution in [1.82, 2.24) is 9.88 Å². The van der Waals surface area contributed by atoms with E-state index in [-0.39, 0.29) is 7.39 Å². The van der Waals surface area contributed by atoms with Gasteiger partial charge in [0.1, 0.15) is 6.61 Å². The van der Waals surface area contributed by atoms with Crippen molar-refractivity contribution in [2.75, 3.05) is 37.3 Å². The number of hydrogen-bond acceptors (Lipinski definition) is 5. The molecule has 0 spiro atoms. The summed E-state index contributed by atoms with van der Waals surface area (Å²) in [5, 5.41) is 3.12. The van der Waals surface area contributed by atoms with Crippen molar-refractivity contribution >= 4 is 23.0 Å². The highest BCUT2D eigenvalue weighted by Gasteiger charge is 2.12. The lowest BCUT2D eigenvalue weighted by Crippen LogP contribution is -2.25. The van der Waals surface area contributed by atoms with Gasteiger partial charge < -0.3 is 21.5 Å². The molecule has 34 heavy (non-hydrogen) atoms. The van der Waals surface area contributed by atoms with Gasteiger partial charge in [-0.1, -0.05) is 18.2 Å². The Balaban J connectivity index is 0.00000342. The van der Waals surface area contributed by atoms with Gasteiger partial charge in [0, 0.05) is 25.9 Å². The predicted octanol–water partition coefficient (Wildman–Crippen LogP) is 5.03. The highest BCUT2D eigenvalue weighted by atomic mass is 16.5. The summed E-state index contributed by atoms with van der Waals surface area (Å²) in [7, 11) is 0. The molecule has 1 aliphatic rings. The Labute approximate surface area is 203 Å². The number of anilines is 2. The molecule has 7 heteroatoms. The Hall–Kier alpha value is -3.58. The van der Waals surface area contributed by atoms with E-state index in [0.29, 0.717) is 23.9 Å². The zero-order valence-corrected chi connectivity index (χ0v) is 20.3. The van der Waals surface area contributed by atoms with Crippen molar-refractivity contribution in [3.05, 3.63) is 65.4 Å². The molecule has 0 unspecified atom stereocenters. The monoisotopic (exact) mass is 460 g/mol. The van der Waals surface area contributed by atoms with E-state index in [2.05, 4.69) is 58.3 Å². The number of pyridine rings is 1. The number of ether oxygens (including phenoxy) is 1. The van der Waals surface area contributed by atoms with Gasteiger partial charge in [-0.15, -0.1) is 0 Å². The molecule has 0 radical (unpaired) electrons. The third-order valence-corrected chi connectivity index (χ3v) is 6.20. The van der Waals surface area contributed by atoms with Crippen LogP contribution in [0.3, 0.4) is 0 Å². The SMILES string of the molecule is Cc1cc(-c2c(C)cccc2C)cc(N)c1N=C(N)Nc1ccnc(OCCN2CCCC2)c1.[HH]. The van der Waals surface area contributed by atoms with E-state index in [4.69, 9.17) is 16.2 Å². The van der Waals surface area contributed by atoms with Gasteiger partial charge in [-0.2, -0.15) is 0 Å². The number of rotatable bonds is 7. The second-order valence-corrected chi connectivity index (χ2v) is 8.90. The number of hydrogen-bond donors (Lipinski definition) is 3. The third-order valence-electron chi connectivity index (χ3n) is 6.20. The summed E-state index contributed by atoms with van der Waals surface area (Å²) in [5.74, 6) is 0.814. The standard InChI is InChI=1S/C27H34N6O.H2/c1-18-7-6-8-19(2)25(18)21-15-20(3)26(23(28)16-21)32-27(29)31-22-9-10-30-24(17-22)34-14-13-33-11-4-5-12-33;/h6-10,15-17H,4-5,11-14,28H2,1-3H3,(H3,29,30,31,32);1H. The number of aliphatic imine (C=N–C) groups is 1. The van der Waals surface area contributed by atoms with E-state index in [1.807, 2.05) is 25.1 Å². The molecule has 1 fully saturated rings. The van der Waals surface area contributed by atoms with E-state index >= 15 is 0 Å². The fraction of sp³-hybridized carbons (Fsp3) is 0.333. The van der Waals surface area contributed by atoms with Crippen molar-refractivity contribution < 1.29 is 6.16 Å². The lowest BCUT2D eigenvalue weighted by molar-refractivity contribution is 0.232. The second kappa shape index (κ2) is 10.6. The zero-order valence-electron chi connectivity index (χ0n) is 20.3. The Kier molecular flexibility index (Phi) is 7.33. The molecule has 1 aliphatic heterocycles. The molecule has 4 rings (SSSR count). The Morgan fingerprint density at radius 3 is 2.53 bits per heavy atom.